The lowest BCUT2D eigenvalue weighted by molar-refractivity contribution is 0.100. The van der Waals surface area contributed by atoms with Crippen molar-refractivity contribution in [1.82, 2.24) is 5.32 Å². The largest absolute Gasteiger partial charge is 0.492 e. The van der Waals surface area contributed by atoms with Gasteiger partial charge in [-0.3, -0.25) is 4.79 Å². The molecule has 0 aliphatic carbocycles. The van der Waals surface area contributed by atoms with Crippen molar-refractivity contribution < 1.29 is 9.53 Å². The van der Waals surface area contributed by atoms with Crippen molar-refractivity contribution in [2.24, 2.45) is 5.73 Å². The summed E-state index contributed by atoms with van der Waals surface area (Å²) in [7, 11) is 1.84. The van der Waals surface area contributed by atoms with E-state index in [0.717, 1.165) is 6.54 Å². The highest BCUT2D eigenvalue weighted by atomic mass is 35.5. The van der Waals surface area contributed by atoms with E-state index < -0.39 is 5.91 Å². The number of primary amides is 1. The number of nitrogens with one attached hydrogen (secondary N) is 1. The summed E-state index contributed by atoms with van der Waals surface area (Å²) in [6, 6.07) is 4.80. The molecule has 15 heavy (non-hydrogen) atoms. The first-order valence-corrected chi connectivity index (χ1v) is 4.89. The number of likely N-dealkylation sites (N-methyl/N-ethyl adjacent to an activating group) is 1. The second-order valence-electron chi connectivity index (χ2n) is 2.96. The maximum atomic E-state index is 10.9. The first-order chi connectivity index (χ1) is 7.15. The Hall–Kier alpha value is -1.26. The van der Waals surface area contributed by atoms with Crippen LogP contribution in [0.5, 0.6) is 5.75 Å². The van der Waals surface area contributed by atoms with E-state index in [-0.39, 0.29) is 0 Å². The lowest BCUT2D eigenvalue weighted by Crippen LogP contribution is -2.16. The average molecular weight is 229 g/mol. The number of rotatable bonds is 5. The van der Waals surface area contributed by atoms with Crippen LogP contribution in [0.1, 0.15) is 10.4 Å². The van der Waals surface area contributed by atoms with Gasteiger partial charge in [0.1, 0.15) is 12.4 Å². The average Bonchev–Trinajstić information content (AvgIpc) is 2.17. The molecule has 0 saturated carbocycles. The van der Waals surface area contributed by atoms with Crippen LogP contribution in [-0.4, -0.2) is 26.1 Å². The first kappa shape index (κ1) is 11.8. The molecule has 0 radical (unpaired) electrons. The van der Waals surface area contributed by atoms with Crippen molar-refractivity contribution in [2.75, 3.05) is 20.2 Å². The third-order valence-electron chi connectivity index (χ3n) is 1.83. The Morgan fingerprint density at radius 3 is 2.87 bits per heavy atom. The van der Waals surface area contributed by atoms with Gasteiger partial charge in [0.25, 0.3) is 0 Å². The topological polar surface area (TPSA) is 64.3 Å². The van der Waals surface area contributed by atoms with Gasteiger partial charge in [-0.1, -0.05) is 11.6 Å². The molecule has 5 heteroatoms. The Labute approximate surface area is 93.4 Å². The zero-order valence-electron chi connectivity index (χ0n) is 8.42. The summed E-state index contributed by atoms with van der Waals surface area (Å²) in [6.45, 7) is 1.29. The van der Waals surface area contributed by atoms with E-state index in [0.29, 0.717) is 22.9 Å². The molecular formula is C10H13ClN2O2. The Bertz CT molecular complexity index is 355. The molecule has 0 unspecified atom stereocenters. The number of amides is 1. The molecule has 0 fully saturated rings. The molecule has 0 saturated heterocycles. The lowest BCUT2D eigenvalue weighted by Gasteiger charge is -2.07. The van der Waals surface area contributed by atoms with Crippen molar-refractivity contribution in [2.45, 2.75) is 0 Å². The molecule has 82 valence electrons. The van der Waals surface area contributed by atoms with Crippen LogP contribution in [0.25, 0.3) is 0 Å². The number of carbonyl (C=O) groups is 1. The minimum absolute atomic E-state index is 0.303. The van der Waals surface area contributed by atoms with E-state index in [1.807, 2.05) is 7.05 Å². The molecule has 0 aliphatic heterocycles. The second-order valence-corrected chi connectivity index (χ2v) is 3.37. The van der Waals surface area contributed by atoms with Gasteiger partial charge in [0, 0.05) is 6.54 Å². The normalized spacial score (nSPS) is 10.0. The zero-order chi connectivity index (χ0) is 11.3. The highest BCUT2D eigenvalue weighted by molar-refractivity contribution is 6.33. The quantitative estimate of drug-likeness (QED) is 0.740. The van der Waals surface area contributed by atoms with Crippen LogP contribution in [0.2, 0.25) is 5.02 Å². The summed E-state index contributed by atoms with van der Waals surface area (Å²) in [5.41, 5.74) is 5.42. The van der Waals surface area contributed by atoms with Crippen molar-refractivity contribution in [3.05, 3.63) is 28.8 Å². The predicted octanol–water partition coefficient (Wildman–Crippen LogP) is 1.04. The van der Waals surface area contributed by atoms with Gasteiger partial charge in [0.2, 0.25) is 5.91 Å². The Morgan fingerprint density at radius 2 is 2.33 bits per heavy atom. The Morgan fingerprint density at radius 1 is 1.60 bits per heavy atom. The number of ether oxygens (including phenoxy) is 1. The molecule has 1 aromatic carbocycles. The van der Waals surface area contributed by atoms with Gasteiger partial charge in [-0.15, -0.1) is 0 Å². The summed E-state index contributed by atoms with van der Waals surface area (Å²) in [6.07, 6.45) is 0. The minimum atomic E-state index is -0.540. The fourth-order valence-electron chi connectivity index (χ4n) is 1.06. The van der Waals surface area contributed by atoms with Gasteiger partial charge < -0.3 is 15.8 Å². The van der Waals surface area contributed by atoms with E-state index in [1.165, 1.54) is 0 Å². The monoisotopic (exact) mass is 228 g/mol. The SMILES string of the molecule is CNCCOc1ccc(C(N)=O)c(Cl)c1. The highest BCUT2D eigenvalue weighted by Gasteiger charge is 2.07. The van der Waals surface area contributed by atoms with Gasteiger partial charge in [-0.25, -0.2) is 0 Å². The summed E-state index contributed by atoms with van der Waals surface area (Å²) in [4.78, 5) is 10.9. The van der Waals surface area contributed by atoms with Crippen LogP contribution in [0, 0.1) is 0 Å². The van der Waals surface area contributed by atoms with Crippen molar-refractivity contribution in [3.8, 4) is 5.75 Å². The van der Waals surface area contributed by atoms with E-state index in [9.17, 15) is 4.79 Å². The molecule has 1 amide bonds. The van der Waals surface area contributed by atoms with Gasteiger partial charge in [0.05, 0.1) is 10.6 Å². The van der Waals surface area contributed by atoms with Crippen LogP contribution >= 0.6 is 11.6 Å². The number of nitrogens with two attached hydrogens (primary N) is 1. The van der Waals surface area contributed by atoms with E-state index in [1.54, 1.807) is 18.2 Å². The fourth-order valence-corrected chi connectivity index (χ4v) is 1.32. The predicted molar refractivity (Wildman–Crippen MR) is 59.4 cm³/mol. The third-order valence-corrected chi connectivity index (χ3v) is 2.14. The van der Waals surface area contributed by atoms with Crippen LogP contribution < -0.4 is 15.8 Å². The van der Waals surface area contributed by atoms with Crippen LogP contribution in [0.4, 0.5) is 0 Å². The van der Waals surface area contributed by atoms with Crippen LogP contribution in [-0.2, 0) is 0 Å². The molecule has 3 N–H and O–H groups in total. The molecule has 0 spiro atoms. The summed E-state index contributed by atoms with van der Waals surface area (Å²) < 4.78 is 5.36. The van der Waals surface area contributed by atoms with E-state index in [4.69, 9.17) is 22.1 Å². The third kappa shape index (κ3) is 3.42. The molecular weight excluding hydrogens is 216 g/mol. The van der Waals surface area contributed by atoms with E-state index >= 15 is 0 Å². The number of benzene rings is 1. The highest BCUT2D eigenvalue weighted by Crippen LogP contribution is 2.21. The number of carbonyl (C=O) groups excluding carboxylic acids is 1. The molecule has 4 nitrogen and oxygen atoms in total. The minimum Gasteiger partial charge on any atom is -0.492 e. The maximum Gasteiger partial charge on any atom is 0.250 e. The van der Waals surface area contributed by atoms with Crippen molar-refractivity contribution in [3.63, 3.8) is 0 Å². The standard InChI is InChI=1S/C10H13ClN2O2/c1-13-4-5-15-7-2-3-8(10(12)14)9(11)6-7/h2-3,6,13H,4-5H2,1H3,(H2,12,14). The lowest BCUT2D eigenvalue weighted by atomic mass is 10.2. The maximum absolute atomic E-state index is 10.9. The molecule has 0 heterocycles. The van der Waals surface area contributed by atoms with Gasteiger partial charge >= 0.3 is 0 Å². The fraction of sp³-hybridized carbons (Fsp3) is 0.300. The van der Waals surface area contributed by atoms with Crippen LogP contribution in [0.3, 0.4) is 0 Å². The Kier molecular flexibility index (Phi) is 4.39. The van der Waals surface area contributed by atoms with Crippen molar-refractivity contribution >= 4 is 17.5 Å². The molecule has 1 rings (SSSR count). The molecule has 0 bridgehead atoms. The van der Waals surface area contributed by atoms with E-state index in [2.05, 4.69) is 5.32 Å². The van der Waals surface area contributed by atoms with Crippen molar-refractivity contribution in [1.29, 1.82) is 0 Å². The molecule has 0 aliphatic rings. The van der Waals surface area contributed by atoms with Gasteiger partial charge in [-0.05, 0) is 25.2 Å². The number of hydrogen-bond acceptors (Lipinski definition) is 3. The molecule has 1 aromatic rings. The van der Waals surface area contributed by atoms with Crippen LogP contribution in [0.15, 0.2) is 18.2 Å². The smallest absolute Gasteiger partial charge is 0.250 e. The number of hydrogen-bond donors (Lipinski definition) is 2. The second kappa shape index (κ2) is 5.58. The Balaban J connectivity index is 2.69. The summed E-state index contributed by atoms with van der Waals surface area (Å²) in [5, 5.41) is 3.26. The van der Waals surface area contributed by atoms with Gasteiger partial charge in [-0.2, -0.15) is 0 Å². The van der Waals surface area contributed by atoms with Gasteiger partial charge in [0.15, 0.2) is 0 Å². The summed E-state index contributed by atoms with van der Waals surface area (Å²) >= 11 is 5.84. The number of halogens is 1. The zero-order valence-corrected chi connectivity index (χ0v) is 9.17. The first-order valence-electron chi connectivity index (χ1n) is 4.52. The molecule has 0 atom stereocenters. The molecule has 0 aromatic heterocycles. The summed E-state index contributed by atoms with van der Waals surface area (Å²) in [5.74, 6) is 0.0852.